The van der Waals surface area contributed by atoms with Gasteiger partial charge in [0.25, 0.3) is 5.69 Å². The van der Waals surface area contributed by atoms with Crippen LogP contribution < -0.4 is 4.90 Å². The molecule has 0 radical (unpaired) electrons. The van der Waals surface area contributed by atoms with E-state index in [0.717, 1.165) is 17.7 Å². The van der Waals surface area contributed by atoms with Crippen LogP contribution >= 0.6 is 0 Å². The molecule has 5 nitrogen and oxygen atoms in total. The highest BCUT2D eigenvalue weighted by Crippen LogP contribution is 2.37. The molecule has 0 spiro atoms. The van der Waals surface area contributed by atoms with E-state index in [0.29, 0.717) is 13.0 Å². The minimum Gasteiger partial charge on any atom is -0.312 e. The zero-order valence-corrected chi connectivity index (χ0v) is 10.5. The molecule has 0 aromatic heterocycles. The van der Waals surface area contributed by atoms with E-state index in [1.165, 1.54) is 6.07 Å². The van der Waals surface area contributed by atoms with E-state index in [9.17, 15) is 14.9 Å². The fourth-order valence-corrected chi connectivity index (χ4v) is 2.38. The number of non-ortho nitro benzene ring substituents is 1. The second-order valence-electron chi connectivity index (χ2n) is 4.65. The molecule has 2 rings (SSSR count). The third-order valence-electron chi connectivity index (χ3n) is 3.27. The van der Waals surface area contributed by atoms with Crippen LogP contribution in [-0.4, -0.2) is 17.4 Å². The number of amides is 1. The van der Waals surface area contributed by atoms with Crippen LogP contribution in [0.1, 0.15) is 38.2 Å². The Morgan fingerprint density at radius 2 is 2.22 bits per heavy atom. The van der Waals surface area contributed by atoms with E-state index in [4.69, 9.17) is 0 Å². The molecule has 0 aliphatic carbocycles. The number of fused-ring (bicyclic) bond motifs is 1. The summed E-state index contributed by atoms with van der Waals surface area (Å²) in [5, 5.41) is 10.8. The van der Waals surface area contributed by atoms with Gasteiger partial charge in [-0.1, -0.05) is 13.8 Å². The van der Waals surface area contributed by atoms with Gasteiger partial charge in [-0.15, -0.1) is 0 Å². The molecule has 1 heterocycles. The predicted octanol–water partition coefficient (Wildman–Crippen LogP) is 2.85. The van der Waals surface area contributed by atoms with E-state index in [1.54, 1.807) is 17.0 Å². The van der Waals surface area contributed by atoms with Gasteiger partial charge in [-0.25, -0.2) is 0 Å². The molecule has 0 saturated carbocycles. The summed E-state index contributed by atoms with van der Waals surface area (Å²) in [6, 6.07) is 4.75. The standard InChI is InChI=1S/C13H16N2O3/c1-3-6-14-12-5-4-10(15(17)18)8-11(12)9(2)7-13(14)16/h4-5,8-9H,3,6-7H2,1-2H3. The van der Waals surface area contributed by atoms with Crippen molar-refractivity contribution in [3.63, 3.8) is 0 Å². The van der Waals surface area contributed by atoms with Crippen molar-refractivity contribution < 1.29 is 9.72 Å². The lowest BCUT2D eigenvalue weighted by Crippen LogP contribution is -2.36. The maximum absolute atomic E-state index is 12.0. The third kappa shape index (κ3) is 2.08. The molecule has 5 heteroatoms. The maximum atomic E-state index is 12.0. The molecule has 0 N–H and O–H groups in total. The number of benzene rings is 1. The van der Waals surface area contributed by atoms with Crippen molar-refractivity contribution in [1.29, 1.82) is 0 Å². The lowest BCUT2D eigenvalue weighted by atomic mass is 9.90. The van der Waals surface area contributed by atoms with Crippen LogP contribution in [0.15, 0.2) is 18.2 Å². The van der Waals surface area contributed by atoms with Gasteiger partial charge >= 0.3 is 0 Å². The van der Waals surface area contributed by atoms with Crippen LogP contribution in [0.3, 0.4) is 0 Å². The molecule has 1 aromatic rings. The van der Waals surface area contributed by atoms with Gasteiger partial charge in [-0.2, -0.15) is 0 Å². The van der Waals surface area contributed by atoms with Crippen LogP contribution in [0.4, 0.5) is 11.4 Å². The number of hydrogen-bond acceptors (Lipinski definition) is 3. The number of anilines is 1. The molecule has 1 aliphatic heterocycles. The average Bonchev–Trinajstić information content (AvgIpc) is 2.33. The molecule has 1 atom stereocenters. The summed E-state index contributed by atoms with van der Waals surface area (Å²) in [7, 11) is 0. The lowest BCUT2D eigenvalue weighted by molar-refractivity contribution is -0.384. The van der Waals surface area contributed by atoms with Crippen molar-refractivity contribution in [2.24, 2.45) is 0 Å². The van der Waals surface area contributed by atoms with Crippen molar-refractivity contribution >= 4 is 17.3 Å². The molecular weight excluding hydrogens is 232 g/mol. The van der Waals surface area contributed by atoms with Gasteiger partial charge in [0.2, 0.25) is 5.91 Å². The van der Waals surface area contributed by atoms with Gasteiger partial charge in [0, 0.05) is 30.8 Å². The quantitative estimate of drug-likeness (QED) is 0.610. The fourth-order valence-electron chi connectivity index (χ4n) is 2.38. The molecule has 0 fully saturated rings. The van der Waals surface area contributed by atoms with E-state index in [1.807, 2.05) is 13.8 Å². The van der Waals surface area contributed by atoms with Gasteiger partial charge in [0.1, 0.15) is 0 Å². The van der Waals surface area contributed by atoms with E-state index in [-0.39, 0.29) is 17.5 Å². The SMILES string of the molecule is CCCN1C(=O)CC(C)c2cc([N+](=O)[O-])ccc21. The molecular formula is C13H16N2O3. The average molecular weight is 248 g/mol. The highest BCUT2D eigenvalue weighted by molar-refractivity contribution is 5.97. The van der Waals surface area contributed by atoms with Crippen molar-refractivity contribution in [2.75, 3.05) is 11.4 Å². The molecule has 96 valence electrons. The summed E-state index contributed by atoms with van der Waals surface area (Å²) in [4.78, 5) is 24.1. The van der Waals surface area contributed by atoms with Crippen LogP contribution in [-0.2, 0) is 4.79 Å². The van der Waals surface area contributed by atoms with Crippen LogP contribution in [0.5, 0.6) is 0 Å². The lowest BCUT2D eigenvalue weighted by Gasteiger charge is -2.32. The first kappa shape index (κ1) is 12.5. The molecule has 1 unspecified atom stereocenters. The largest absolute Gasteiger partial charge is 0.312 e. The highest BCUT2D eigenvalue weighted by atomic mass is 16.6. The zero-order valence-electron chi connectivity index (χ0n) is 10.5. The van der Waals surface area contributed by atoms with Gasteiger partial charge < -0.3 is 4.90 Å². The molecule has 0 bridgehead atoms. The molecule has 1 aliphatic rings. The fraction of sp³-hybridized carbons (Fsp3) is 0.462. The predicted molar refractivity (Wildman–Crippen MR) is 68.8 cm³/mol. The first-order chi connectivity index (χ1) is 8.54. The summed E-state index contributed by atoms with van der Waals surface area (Å²) in [5.41, 5.74) is 1.81. The number of nitrogens with zero attached hydrogens (tertiary/aromatic N) is 2. The van der Waals surface area contributed by atoms with E-state index < -0.39 is 4.92 Å². The Kier molecular flexibility index (Phi) is 3.32. The Morgan fingerprint density at radius 1 is 1.50 bits per heavy atom. The first-order valence-corrected chi connectivity index (χ1v) is 6.13. The van der Waals surface area contributed by atoms with Crippen molar-refractivity contribution in [3.05, 3.63) is 33.9 Å². The first-order valence-electron chi connectivity index (χ1n) is 6.13. The monoisotopic (exact) mass is 248 g/mol. The maximum Gasteiger partial charge on any atom is 0.269 e. The van der Waals surface area contributed by atoms with E-state index in [2.05, 4.69) is 0 Å². The van der Waals surface area contributed by atoms with Gasteiger partial charge in [0.05, 0.1) is 4.92 Å². The van der Waals surface area contributed by atoms with Crippen LogP contribution in [0.25, 0.3) is 0 Å². The number of nitro benzene ring substituents is 1. The Bertz CT molecular complexity index is 499. The normalized spacial score (nSPS) is 18.7. The number of carbonyl (C=O) groups is 1. The minimum atomic E-state index is -0.395. The Hall–Kier alpha value is -1.91. The second kappa shape index (κ2) is 4.76. The Morgan fingerprint density at radius 3 is 2.83 bits per heavy atom. The van der Waals surface area contributed by atoms with Gasteiger partial charge in [-0.05, 0) is 24.0 Å². The molecule has 18 heavy (non-hydrogen) atoms. The zero-order chi connectivity index (χ0) is 13.3. The van der Waals surface area contributed by atoms with Crippen molar-refractivity contribution in [3.8, 4) is 0 Å². The van der Waals surface area contributed by atoms with Crippen LogP contribution in [0, 0.1) is 10.1 Å². The smallest absolute Gasteiger partial charge is 0.269 e. The second-order valence-corrected chi connectivity index (χ2v) is 4.65. The number of rotatable bonds is 3. The molecule has 1 aromatic carbocycles. The third-order valence-corrected chi connectivity index (χ3v) is 3.27. The van der Waals surface area contributed by atoms with Crippen molar-refractivity contribution in [1.82, 2.24) is 0 Å². The van der Waals surface area contributed by atoms with Gasteiger partial charge in [-0.3, -0.25) is 14.9 Å². The topological polar surface area (TPSA) is 63.5 Å². The summed E-state index contributed by atoms with van der Waals surface area (Å²) in [5.74, 6) is 0.145. The van der Waals surface area contributed by atoms with Crippen molar-refractivity contribution in [2.45, 2.75) is 32.6 Å². The summed E-state index contributed by atoms with van der Waals surface area (Å²) < 4.78 is 0. The Balaban J connectivity index is 2.48. The van der Waals surface area contributed by atoms with Crippen LogP contribution in [0.2, 0.25) is 0 Å². The van der Waals surface area contributed by atoms with Gasteiger partial charge in [0.15, 0.2) is 0 Å². The number of hydrogen-bond donors (Lipinski definition) is 0. The van der Waals surface area contributed by atoms with E-state index >= 15 is 0 Å². The Labute approximate surface area is 106 Å². The highest BCUT2D eigenvalue weighted by Gasteiger charge is 2.29. The molecule has 0 saturated heterocycles. The summed E-state index contributed by atoms with van der Waals surface area (Å²) in [6.45, 7) is 4.61. The number of carbonyl (C=O) groups excluding carboxylic acids is 1. The minimum absolute atomic E-state index is 0.0421. The summed E-state index contributed by atoms with van der Waals surface area (Å²) >= 11 is 0. The summed E-state index contributed by atoms with van der Waals surface area (Å²) in [6.07, 6.45) is 1.30. The number of nitro groups is 1. The molecule has 1 amide bonds.